The fourth-order valence-corrected chi connectivity index (χ4v) is 2.95. The van der Waals surface area contributed by atoms with Crippen LogP contribution in [-0.4, -0.2) is 25.2 Å². The SMILES string of the molecule is NCCC(N)CNC(CCc1ccccc1)CCc1ccccc1. The Hall–Kier alpha value is -1.68. The minimum atomic E-state index is 0.144. The Morgan fingerprint density at radius 3 is 1.71 bits per heavy atom. The third-order valence-electron chi connectivity index (χ3n) is 4.45. The summed E-state index contributed by atoms with van der Waals surface area (Å²) in [6.45, 7) is 1.49. The summed E-state index contributed by atoms with van der Waals surface area (Å²) >= 11 is 0. The summed E-state index contributed by atoms with van der Waals surface area (Å²) in [4.78, 5) is 0. The van der Waals surface area contributed by atoms with Crippen molar-refractivity contribution in [2.45, 2.75) is 44.2 Å². The van der Waals surface area contributed by atoms with Crippen LogP contribution in [0, 0.1) is 0 Å². The van der Waals surface area contributed by atoms with Gasteiger partial charge < -0.3 is 16.8 Å². The van der Waals surface area contributed by atoms with Gasteiger partial charge >= 0.3 is 0 Å². The van der Waals surface area contributed by atoms with Gasteiger partial charge in [0.15, 0.2) is 0 Å². The highest BCUT2D eigenvalue weighted by atomic mass is 14.9. The Balaban J connectivity index is 1.85. The normalized spacial score (nSPS) is 12.5. The highest BCUT2D eigenvalue weighted by Gasteiger charge is 2.11. The lowest BCUT2D eigenvalue weighted by Crippen LogP contribution is -2.41. The van der Waals surface area contributed by atoms with E-state index in [0.717, 1.165) is 38.6 Å². The lowest BCUT2D eigenvalue weighted by atomic mass is 9.98. The number of nitrogens with one attached hydrogen (secondary N) is 1. The molecule has 24 heavy (non-hydrogen) atoms. The summed E-state index contributed by atoms with van der Waals surface area (Å²) in [7, 11) is 0. The molecule has 0 amide bonds. The van der Waals surface area contributed by atoms with Gasteiger partial charge in [0.2, 0.25) is 0 Å². The molecule has 3 heteroatoms. The van der Waals surface area contributed by atoms with Crippen LogP contribution in [0.5, 0.6) is 0 Å². The molecule has 0 aliphatic rings. The zero-order valence-electron chi connectivity index (χ0n) is 14.5. The number of nitrogens with two attached hydrogens (primary N) is 2. The zero-order valence-corrected chi connectivity index (χ0v) is 14.5. The Kier molecular flexibility index (Phi) is 8.53. The number of benzene rings is 2. The average molecular weight is 326 g/mol. The summed E-state index contributed by atoms with van der Waals surface area (Å²) in [5.74, 6) is 0. The monoisotopic (exact) mass is 325 g/mol. The molecule has 0 aromatic heterocycles. The Morgan fingerprint density at radius 2 is 1.25 bits per heavy atom. The summed E-state index contributed by atoms with van der Waals surface area (Å²) in [6, 6.07) is 22.0. The van der Waals surface area contributed by atoms with Crippen molar-refractivity contribution in [3.8, 4) is 0 Å². The van der Waals surface area contributed by atoms with Crippen LogP contribution in [0.4, 0.5) is 0 Å². The van der Waals surface area contributed by atoms with Crippen molar-refractivity contribution < 1.29 is 0 Å². The van der Waals surface area contributed by atoms with Crippen LogP contribution in [0.25, 0.3) is 0 Å². The molecule has 1 atom stereocenters. The van der Waals surface area contributed by atoms with Crippen molar-refractivity contribution in [2.24, 2.45) is 11.5 Å². The van der Waals surface area contributed by atoms with Gasteiger partial charge in [-0.15, -0.1) is 0 Å². The van der Waals surface area contributed by atoms with Crippen molar-refractivity contribution in [2.75, 3.05) is 13.1 Å². The zero-order chi connectivity index (χ0) is 17.0. The number of hydrogen-bond donors (Lipinski definition) is 3. The minimum absolute atomic E-state index is 0.144. The number of rotatable bonds is 11. The predicted molar refractivity (Wildman–Crippen MR) is 103 cm³/mol. The molecule has 1 unspecified atom stereocenters. The smallest absolute Gasteiger partial charge is 0.0177 e. The van der Waals surface area contributed by atoms with E-state index in [-0.39, 0.29) is 6.04 Å². The van der Waals surface area contributed by atoms with Crippen LogP contribution in [0.1, 0.15) is 30.4 Å². The summed E-state index contributed by atoms with van der Waals surface area (Å²) < 4.78 is 0. The van der Waals surface area contributed by atoms with Crippen LogP contribution in [0.2, 0.25) is 0 Å². The minimum Gasteiger partial charge on any atom is -0.330 e. The molecular formula is C21H31N3. The van der Waals surface area contributed by atoms with E-state index in [1.165, 1.54) is 11.1 Å². The van der Waals surface area contributed by atoms with Gasteiger partial charge in [-0.25, -0.2) is 0 Å². The summed E-state index contributed by atoms with van der Waals surface area (Å²) in [5, 5.41) is 3.66. The van der Waals surface area contributed by atoms with E-state index in [2.05, 4.69) is 66.0 Å². The Bertz CT molecular complexity index is 498. The van der Waals surface area contributed by atoms with E-state index in [1.807, 2.05) is 0 Å². The Morgan fingerprint density at radius 1 is 0.750 bits per heavy atom. The third-order valence-corrected chi connectivity index (χ3v) is 4.45. The standard InChI is InChI=1S/C21H31N3/c22-16-15-20(23)17-24-21(13-11-18-7-3-1-4-8-18)14-12-19-9-5-2-6-10-19/h1-10,20-21,24H,11-17,22-23H2. The molecule has 0 spiro atoms. The van der Waals surface area contributed by atoms with Gasteiger partial charge in [0.25, 0.3) is 0 Å². The molecule has 0 aliphatic heterocycles. The molecule has 0 aliphatic carbocycles. The molecule has 0 saturated carbocycles. The highest BCUT2D eigenvalue weighted by Crippen LogP contribution is 2.11. The molecule has 5 N–H and O–H groups in total. The van der Waals surface area contributed by atoms with Crippen molar-refractivity contribution >= 4 is 0 Å². The maximum absolute atomic E-state index is 6.10. The maximum Gasteiger partial charge on any atom is 0.0177 e. The lowest BCUT2D eigenvalue weighted by Gasteiger charge is -2.21. The molecule has 0 fully saturated rings. The van der Waals surface area contributed by atoms with Crippen molar-refractivity contribution in [3.05, 3.63) is 71.8 Å². The van der Waals surface area contributed by atoms with Gasteiger partial charge in [0, 0.05) is 18.6 Å². The molecule has 130 valence electrons. The van der Waals surface area contributed by atoms with E-state index >= 15 is 0 Å². The van der Waals surface area contributed by atoms with E-state index in [4.69, 9.17) is 11.5 Å². The van der Waals surface area contributed by atoms with Gasteiger partial charge in [-0.1, -0.05) is 60.7 Å². The van der Waals surface area contributed by atoms with Crippen LogP contribution in [0.15, 0.2) is 60.7 Å². The number of aryl methyl sites for hydroxylation is 2. The van der Waals surface area contributed by atoms with Gasteiger partial charge in [0.1, 0.15) is 0 Å². The first kappa shape index (κ1) is 18.7. The van der Waals surface area contributed by atoms with Gasteiger partial charge in [-0.05, 0) is 49.8 Å². The van der Waals surface area contributed by atoms with Crippen LogP contribution < -0.4 is 16.8 Å². The van der Waals surface area contributed by atoms with E-state index < -0.39 is 0 Å². The second-order valence-corrected chi connectivity index (χ2v) is 6.49. The second-order valence-electron chi connectivity index (χ2n) is 6.49. The maximum atomic E-state index is 6.10. The predicted octanol–water partition coefficient (Wildman–Crippen LogP) is 2.89. The highest BCUT2D eigenvalue weighted by molar-refractivity contribution is 5.16. The molecule has 0 saturated heterocycles. The Labute approximate surface area is 146 Å². The number of hydrogen-bond acceptors (Lipinski definition) is 3. The molecule has 0 bridgehead atoms. The topological polar surface area (TPSA) is 64.1 Å². The largest absolute Gasteiger partial charge is 0.330 e. The van der Waals surface area contributed by atoms with Gasteiger partial charge in [-0.2, -0.15) is 0 Å². The molecule has 2 aromatic rings. The molecule has 0 radical (unpaired) electrons. The lowest BCUT2D eigenvalue weighted by molar-refractivity contribution is 0.426. The van der Waals surface area contributed by atoms with Crippen LogP contribution in [-0.2, 0) is 12.8 Å². The fraction of sp³-hybridized carbons (Fsp3) is 0.429. The molecule has 2 rings (SSSR count). The van der Waals surface area contributed by atoms with Crippen LogP contribution in [0.3, 0.4) is 0 Å². The third kappa shape index (κ3) is 7.26. The van der Waals surface area contributed by atoms with Gasteiger partial charge in [0.05, 0.1) is 0 Å². The first-order valence-electron chi connectivity index (χ1n) is 9.05. The van der Waals surface area contributed by atoms with E-state index in [9.17, 15) is 0 Å². The molecule has 0 heterocycles. The van der Waals surface area contributed by atoms with Crippen molar-refractivity contribution in [1.29, 1.82) is 0 Å². The van der Waals surface area contributed by atoms with Gasteiger partial charge in [-0.3, -0.25) is 0 Å². The van der Waals surface area contributed by atoms with Crippen molar-refractivity contribution in [3.63, 3.8) is 0 Å². The molecule has 2 aromatic carbocycles. The summed E-state index contributed by atoms with van der Waals surface area (Å²) in [6.07, 6.45) is 5.33. The average Bonchev–Trinajstić information content (AvgIpc) is 2.63. The fourth-order valence-electron chi connectivity index (χ4n) is 2.95. The first-order chi connectivity index (χ1) is 11.8. The van der Waals surface area contributed by atoms with Crippen molar-refractivity contribution in [1.82, 2.24) is 5.32 Å². The summed E-state index contributed by atoms with van der Waals surface area (Å²) in [5.41, 5.74) is 14.5. The van der Waals surface area contributed by atoms with Crippen LogP contribution >= 0.6 is 0 Å². The quantitative estimate of drug-likeness (QED) is 0.595. The second kappa shape index (κ2) is 11.0. The molecule has 3 nitrogen and oxygen atoms in total. The first-order valence-corrected chi connectivity index (χ1v) is 9.05. The van der Waals surface area contributed by atoms with E-state index in [0.29, 0.717) is 12.6 Å². The van der Waals surface area contributed by atoms with E-state index in [1.54, 1.807) is 0 Å². The molecular weight excluding hydrogens is 294 g/mol.